The molecule has 0 aliphatic rings. The molecule has 5 rings (SSSR count). The summed E-state index contributed by atoms with van der Waals surface area (Å²) in [4.78, 5) is 18.7. The van der Waals surface area contributed by atoms with Gasteiger partial charge >= 0.3 is 0 Å². The third kappa shape index (κ3) is 4.59. The second-order valence-corrected chi connectivity index (χ2v) is 10.1. The molecule has 0 aliphatic heterocycles. The van der Waals surface area contributed by atoms with Gasteiger partial charge in [0.25, 0.3) is 0 Å². The third-order valence-electron chi connectivity index (χ3n) is 6.15. The van der Waals surface area contributed by atoms with Crippen LogP contribution in [0.4, 0.5) is 0 Å². The van der Waals surface area contributed by atoms with Gasteiger partial charge in [-0.05, 0) is 61.5 Å². The van der Waals surface area contributed by atoms with Gasteiger partial charge in [-0.15, -0.1) is 11.3 Å². The molecular weight excluding hydrogens is 462 g/mol. The summed E-state index contributed by atoms with van der Waals surface area (Å²) in [5, 5.41) is 5.01. The van der Waals surface area contributed by atoms with Gasteiger partial charge in [0.05, 0.1) is 11.4 Å². The Kier molecular flexibility index (Phi) is 6.40. The van der Waals surface area contributed by atoms with Gasteiger partial charge in [0.15, 0.2) is 0 Å². The standard InChI is InChI=1S/C28H26ClN3OS/c1-3-18(2)30-27(33)15-13-23-28(19-8-11-22(29)12-9-19)31-26-14-10-21(17-32(23)26)25-16-20-6-4-5-7-24(20)34-25/h4-12,14,16-18H,3,13,15H2,1-2H3,(H,30,33)/t18-/m0/s1. The van der Waals surface area contributed by atoms with E-state index in [-0.39, 0.29) is 11.9 Å². The van der Waals surface area contributed by atoms with Gasteiger partial charge in [0.2, 0.25) is 5.91 Å². The Morgan fingerprint density at radius 1 is 1.09 bits per heavy atom. The number of halogens is 1. The SMILES string of the molecule is CC[C@H](C)NC(=O)CCc1c(-c2ccc(Cl)cc2)nc2ccc(-c3cc4ccccc4s3)cn12. The van der Waals surface area contributed by atoms with E-state index in [9.17, 15) is 4.79 Å². The first-order valence-corrected chi connectivity index (χ1v) is 12.8. The number of rotatable bonds is 7. The minimum absolute atomic E-state index is 0.0621. The van der Waals surface area contributed by atoms with Crippen LogP contribution in [0, 0.1) is 0 Å². The quantitative estimate of drug-likeness (QED) is 0.260. The number of carbonyl (C=O) groups is 1. The first kappa shape index (κ1) is 22.6. The van der Waals surface area contributed by atoms with Gasteiger partial charge in [0.1, 0.15) is 5.65 Å². The number of carbonyl (C=O) groups excluding carboxylic acids is 1. The lowest BCUT2D eigenvalue weighted by atomic mass is 10.1. The number of aryl methyl sites for hydroxylation is 1. The first-order valence-electron chi connectivity index (χ1n) is 11.6. The summed E-state index contributed by atoms with van der Waals surface area (Å²) >= 11 is 7.91. The highest BCUT2D eigenvalue weighted by Gasteiger charge is 2.17. The zero-order valence-corrected chi connectivity index (χ0v) is 20.8. The zero-order valence-electron chi connectivity index (χ0n) is 19.2. The van der Waals surface area contributed by atoms with E-state index in [2.05, 4.69) is 65.3 Å². The number of benzene rings is 2. The molecule has 3 heterocycles. The van der Waals surface area contributed by atoms with E-state index in [0.717, 1.165) is 34.6 Å². The average molecular weight is 488 g/mol. The number of pyridine rings is 1. The van der Waals surface area contributed by atoms with Crippen LogP contribution < -0.4 is 5.32 Å². The van der Waals surface area contributed by atoms with Gasteiger partial charge in [-0.25, -0.2) is 4.98 Å². The molecule has 0 bridgehead atoms. The number of nitrogens with one attached hydrogen (secondary N) is 1. The van der Waals surface area contributed by atoms with Crippen molar-refractivity contribution in [1.29, 1.82) is 0 Å². The fourth-order valence-corrected chi connectivity index (χ4v) is 5.30. The van der Waals surface area contributed by atoms with Crippen LogP contribution in [0.3, 0.4) is 0 Å². The van der Waals surface area contributed by atoms with E-state index in [1.165, 1.54) is 15.0 Å². The van der Waals surface area contributed by atoms with E-state index in [0.29, 0.717) is 17.9 Å². The molecule has 172 valence electrons. The maximum absolute atomic E-state index is 12.6. The Labute approximate surface area is 208 Å². The Morgan fingerprint density at radius 2 is 1.85 bits per heavy atom. The summed E-state index contributed by atoms with van der Waals surface area (Å²) in [5.74, 6) is 0.0621. The summed E-state index contributed by atoms with van der Waals surface area (Å²) < 4.78 is 3.41. The van der Waals surface area contributed by atoms with Gasteiger partial charge in [-0.3, -0.25) is 4.79 Å². The maximum Gasteiger partial charge on any atom is 0.220 e. The Morgan fingerprint density at radius 3 is 2.62 bits per heavy atom. The van der Waals surface area contributed by atoms with Crippen LogP contribution in [-0.2, 0) is 11.2 Å². The molecule has 0 radical (unpaired) electrons. The molecular formula is C28H26ClN3OS. The lowest BCUT2D eigenvalue weighted by Crippen LogP contribution is -2.32. The predicted octanol–water partition coefficient (Wildman–Crippen LogP) is 7.38. The molecule has 0 fully saturated rings. The summed E-state index contributed by atoms with van der Waals surface area (Å²) in [6.45, 7) is 4.10. The molecule has 0 spiro atoms. The van der Waals surface area contributed by atoms with Gasteiger partial charge in [-0.1, -0.05) is 48.9 Å². The molecule has 1 amide bonds. The van der Waals surface area contributed by atoms with Crippen LogP contribution in [-0.4, -0.2) is 21.3 Å². The molecule has 34 heavy (non-hydrogen) atoms. The van der Waals surface area contributed by atoms with Crippen molar-refractivity contribution in [1.82, 2.24) is 14.7 Å². The molecule has 0 unspecified atom stereocenters. The van der Waals surface area contributed by atoms with Crippen molar-refractivity contribution < 1.29 is 4.79 Å². The minimum atomic E-state index is 0.0621. The van der Waals surface area contributed by atoms with Crippen LogP contribution >= 0.6 is 22.9 Å². The highest BCUT2D eigenvalue weighted by atomic mass is 35.5. The summed E-state index contributed by atoms with van der Waals surface area (Å²) in [6, 6.07) is 22.7. The van der Waals surface area contributed by atoms with E-state index >= 15 is 0 Å². The molecule has 4 nitrogen and oxygen atoms in total. The van der Waals surface area contributed by atoms with Gasteiger partial charge < -0.3 is 9.72 Å². The van der Waals surface area contributed by atoms with E-state index in [1.54, 1.807) is 11.3 Å². The molecule has 1 N–H and O–H groups in total. The number of hydrogen-bond donors (Lipinski definition) is 1. The molecule has 3 aromatic heterocycles. The summed E-state index contributed by atoms with van der Waals surface area (Å²) in [6.07, 6.45) is 4.06. The minimum Gasteiger partial charge on any atom is -0.354 e. The van der Waals surface area contributed by atoms with Crippen molar-refractivity contribution in [3.05, 3.63) is 83.6 Å². The second-order valence-electron chi connectivity index (χ2n) is 8.59. The van der Waals surface area contributed by atoms with Crippen molar-refractivity contribution in [2.24, 2.45) is 0 Å². The summed E-state index contributed by atoms with van der Waals surface area (Å²) in [5.41, 5.74) is 4.92. The number of fused-ring (bicyclic) bond motifs is 2. The Balaban J connectivity index is 1.57. The van der Waals surface area contributed by atoms with E-state index < -0.39 is 0 Å². The summed E-state index contributed by atoms with van der Waals surface area (Å²) in [7, 11) is 0. The highest BCUT2D eigenvalue weighted by molar-refractivity contribution is 7.22. The number of thiophene rings is 1. The average Bonchev–Trinajstić information content (AvgIpc) is 3.44. The van der Waals surface area contributed by atoms with Crippen molar-refractivity contribution in [3.8, 4) is 21.7 Å². The Hall–Kier alpha value is -3.15. The van der Waals surface area contributed by atoms with Crippen LogP contribution in [0.1, 0.15) is 32.4 Å². The Bertz CT molecular complexity index is 1440. The molecule has 5 aromatic rings. The van der Waals surface area contributed by atoms with Crippen LogP contribution in [0.2, 0.25) is 5.02 Å². The van der Waals surface area contributed by atoms with E-state index in [4.69, 9.17) is 16.6 Å². The predicted molar refractivity (Wildman–Crippen MR) is 143 cm³/mol. The van der Waals surface area contributed by atoms with Crippen molar-refractivity contribution >= 4 is 44.6 Å². The van der Waals surface area contributed by atoms with Crippen LogP contribution in [0.25, 0.3) is 37.4 Å². The normalized spacial score (nSPS) is 12.3. The molecule has 0 saturated carbocycles. The fraction of sp³-hybridized carbons (Fsp3) is 0.214. The van der Waals surface area contributed by atoms with Crippen LogP contribution in [0.15, 0.2) is 72.9 Å². The van der Waals surface area contributed by atoms with Crippen molar-refractivity contribution in [2.75, 3.05) is 0 Å². The number of imidazole rings is 1. The zero-order chi connectivity index (χ0) is 23.7. The van der Waals surface area contributed by atoms with Crippen molar-refractivity contribution in [2.45, 2.75) is 39.2 Å². The molecule has 0 saturated heterocycles. The first-order chi connectivity index (χ1) is 16.5. The fourth-order valence-electron chi connectivity index (χ4n) is 4.12. The van der Waals surface area contributed by atoms with Gasteiger partial charge in [0, 0.05) is 44.4 Å². The third-order valence-corrected chi connectivity index (χ3v) is 7.57. The van der Waals surface area contributed by atoms with E-state index in [1.807, 2.05) is 31.2 Å². The number of amides is 1. The number of aromatic nitrogens is 2. The topological polar surface area (TPSA) is 46.4 Å². The highest BCUT2D eigenvalue weighted by Crippen LogP contribution is 2.35. The second kappa shape index (κ2) is 9.61. The largest absolute Gasteiger partial charge is 0.354 e. The lowest BCUT2D eigenvalue weighted by molar-refractivity contribution is -0.121. The monoisotopic (exact) mass is 487 g/mol. The molecule has 6 heteroatoms. The number of nitrogens with zero attached hydrogens (tertiary/aromatic N) is 2. The maximum atomic E-state index is 12.6. The smallest absolute Gasteiger partial charge is 0.220 e. The molecule has 2 aromatic carbocycles. The van der Waals surface area contributed by atoms with Gasteiger partial charge in [-0.2, -0.15) is 0 Å². The molecule has 0 aliphatic carbocycles. The molecule has 1 atom stereocenters. The van der Waals surface area contributed by atoms with Crippen molar-refractivity contribution in [3.63, 3.8) is 0 Å². The lowest BCUT2D eigenvalue weighted by Gasteiger charge is -2.12. The van der Waals surface area contributed by atoms with Crippen LogP contribution in [0.5, 0.6) is 0 Å². The number of hydrogen-bond acceptors (Lipinski definition) is 3.